The molecule has 1 rings (SSSR count). The molecule has 0 fully saturated rings. The van der Waals surface area contributed by atoms with E-state index in [4.69, 9.17) is 0 Å². The molecule has 0 saturated carbocycles. The lowest BCUT2D eigenvalue weighted by molar-refractivity contribution is -0.275. The van der Waals surface area contributed by atoms with Gasteiger partial charge in [-0.3, -0.25) is 0 Å². The van der Waals surface area contributed by atoms with E-state index >= 15 is 0 Å². The SMILES string of the molecule is CC(C)S(=O)(=O)CCCCCCCc1ccc(F)c(OC(F)(F)F)c1. The van der Waals surface area contributed by atoms with Crippen molar-refractivity contribution in [3.8, 4) is 5.75 Å². The van der Waals surface area contributed by atoms with E-state index in [1.54, 1.807) is 13.8 Å². The Morgan fingerprint density at radius 2 is 1.64 bits per heavy atom. The summed E-state index contributed by atoms with van der Waals surface area (Å²) in [6.45, 7) is 3.32. The van der Waals surface area contributed by atoms with Gasteiger partial charge in [0, 0.05) is 0 Å². The summed E-state index contributed by atoms with van der Waals surface area (Å²) in [5.74, 6) is -1.68. The smallest absolute Gasteiger partial charge is 0.403 e. The van der Waals surface area contributed by atoms with Crippen LogP contribution in [0.25, 0.3) is 0 Å². The minimum Gasteiger partial charge on any atom is -0.403 e. The first-order valence-electron chi connectivity index (χ1n) is 8.27. The Balaban J connectivity index is 2.32. The van der Waals surface area contributed by atoms with Crippen LogP contribution in [0.1, 0.15) is 51.5 Å². The molecule has 0 heterocycles. The number of hydrogen-bond donors (Lipinski definition) is 0. The first-order valence-corrected chi connectivity index (χ1v) is 9.98. The summed E-state index contributed by atoms with van der Waals surface area (Å²) in [5.41, 5.74) is 0.572. The molecule has 0 unspecified atom stereocenters. The average Bonchev–Trinajstić information content (AvgIpc) is 2.47. The van der Waals surface area contributed by atoms with Crippen molar-refractivity contribution in [2.75, 3.05) is 5.75 Å². The normalized spacial score (nSPS) is 12.6. The number of sulfone groups is 1. The van der Waals surface area contributed by atoms with Crippen LogP contribution in [-0.4, -0.2) is 25.8 Å². The lowest BCUT2D eigenvalue weighted by Gasteiger charge is -2.11. The van der Waals surface area contributed by atoms with Crippen LogP contribution in [0.15, 0.2) is 18.2 Å². The van der Waals surface area contributed by atoms with E-state index in [0.29, 0.717) is 18.4 Å². The quantitative estimate of drug-likeness (QED) is 0.419. The molecule has 1 aromatic rings. The average molecular weight is 384 g/mol. The van der Waals surface area contributed by atoms with Gasteiger partial charge in [0.2, 0.25) is 0 Å². The van der Waals surface area contributed by atoms with Crippen LogP contribution in [0.5, 0.6) is 5.75 Å². The van der Waals surface area contributed by atoms with Crippen LogP contribution < -0.4 is 4.74 Å². The molecule has 0 bridgehead atoms. The second-order valence-electron chi connectivity index (χ2n) is 6.25. The van der Waals surface area contributed by atoms with Gasteiger partial charge < -0.3 is 4.74 Å². The van der Waals surface area contributed by atoms with Gasteiger partial charge in [0.1, 0.15) is 0 Å². The second-order valence-corrected chi connectivity index (χ2v) is 8.92. The summed E-state index contributed by atoms with van der Waals surface area (Å²) in [5, 5.41) is -0.362. The van der Waals surface area contributed by atoms with E-state index in [-0.39, 0.29) is 11.0 Å². The summed E-state index contributed by atoms with van der Waals surface area (Å²) >= 11 is 0. The summed E-state index contributed by atoms with van der Waals surface area (Å²) in [7, 11) is -3.00. The minimum absolute atomic E-state index is 0.181. The van der Waals surface area contributed by atoms with Gasteiger partial charge in [0.25, 0.3) is 0 Å². The van der Waals surface area contributed by atoms with Crippen molar-refractivity contribution in [3.05, 3.63) is 29.6 Å². The Kier molecular flexibility index (Phi) is 8.18. The number of hydrogen-bond acceptors (Lipinski definition) is 3. The Morgan fingerprint density at radius 3 is 2.24 bits per heavy atom. The highest BCUT2D eigenvalue weighted by atomic mass is 32.2. The first-order chi connectivity index (χ1) is 11.5. The van der Waals surface area contributed by atoms with Gasteiger partial charge >= 0.3 is 6.36 Å². The van der Waals surface area contributed by atoms with Crippen molar-refractivity contribution in [1.29, 1.82) is 0 Å². The van der Waals surface area contributed by atoms with Gasteiger partial charge in [-0.15, -0.1) is 13.2 Å². The van der Waals surface area contributed by atoms with Crippen molar-refractivity contribution in [3.63, 3.8) is 0 Å². The molecule has 144 valence electrons. The maximum Gasteiger partial charge on any atom is 0.573 e. The number of unbranched alkanes of at least 4 members (excludes halogenated alkanes) is 4. The van der Waals surface area contributed by atoms with Crippen molar-refractivity contribution >= 4 is 9.84 Å². The number of aryl methyl sites for hydroxylation is 1. The van der Waals surface area contributed by atoms with Crippen molar-refractivity contribution in [2.24, 2.45) is 0 Å². The van der Waals surface area contributed by atoms with Crippen LogP contribution >= 0.6 is 0 Å². The van der Waals surface area contributed by atoms with E-state index in [9.17, 15) is 26.0 Å². The van der Waals surface area contributed by atoms with E-state index in [1.165, 1.54) is 6.07 Å². The summed E-state index contributed by atoms with van der Waals surface area (Å²) in [6.07, 6.45) is -0.601. The summed E-state index contributed by atoms with van der Waals surface area (Å²) in [6, 6.07) is 3.47. The van der Waals surface area contributed by atoms with Crippen LogP contribution in [0.4, 0.5) is 17.6 Å². The van der Waals surface area contributed by atoms with Gasteiger partial charge in [-0.1, -0.05) is 25.3 Å². The van der Waals surface area contributed by atoms with E-state index in [2.05, 4.69) is 4.74 Å². The Bertz CT molecular complexity index is 640. The Morgan fingerprint density at radius 1 is 1.04 bits per heavy atom. The summed E-state index contributed by atoms with van der Waals surface area (Å²) in [4.78, 5) is 0. The Hall–Kier alpha value is -1.31. The molecule has 0 atom stereocenters. The van der Waals surface area contributed by atoms with E-state index < -0.39 is 27.8 Å². The molecular formula is C17H24F4O3S. The van der Waals surface area contributed by atoms with Gasteiger partial charge in [-0.25, -0.2) is 12.8 Å². The highest BCUT2D eigenvalue weighted by molar-refractivity contribution is 7.91. The molecule has 0 aliphatic carbocycles. The molecule has 0 radical (unpaired) electrons. The zero-order valence-electron chi connectivity index (χ0n) is 14.4. The maximum absolute atomic E-state index is 13.3. The third kappa shape index (κ3) is 8.56. The highest BCUT2D eigenvalue weighted by Crippen LogP contribution is 2.27. The molecule has 0 saturated heterocycles. The standard InChI is InChI=1S/C17H24F4O3S/c1-13(2)25(22,23)11-7-5-3-4-6-8-14-9-10-15(18)16(12-14)24-17(19,20)21/h9-10,12-13H,3-8,11H2,1-2H3. The number of halogens is 4. The third-order valence-corrected chi connectivity index (χ3v) is 6.13. The van der Waals surface area contributed by atoms with Crippen LogP contribution in [-0.2, 0) is 16.3 Å². The van der Waals surface area contributed by atoms with E-state index in [0.717, 1.165) is 37.8 Å². The third-order valence-electron chi connectivity index (χ3n) is 3.83. The second kappa shape index (κ2) is 9.40. The van der Waals surface area contributed by atoms with Gasteiger partial charge in [-0.2, -0.15) is 0 Å². The number of benzene rings is 1. The van der Waals surface area contributed by atoms with Crippen molar-refractivity contribution in [1.82, 2.24) is 0 Å². The van der Waals surface area contributed by atoms with Gasteiger partial charge in [0.15, 0.2) is 21.4 Å². The molecule has 0 aliphatic heterocycles. The molecule has 25 heavy (non-hydrogen) atoms. The van der Waals surface area contributed by atoms with Gasteiger partial charge in [-0.05, 0) is 50.8 Å². The topological polar surface area (TPSA) is 43.4 Å². The molecular weight excluding hydrogens is 360 g/mol. The highest BCUT2D eigenvalue weighted by Gasteiger charge is 2.32. The lowest BCUT2D eigenvalue weighted by Crippen LogP contribution is -2.18. The molecule has 8 heteroatoms. The van der Waals surface area contributed by atoms with Crippen LogP contribution in [0, 0.1) is 5.82 Å². The number of alkyl halides is 3. The number of ether oxygens (including phenoxy) is 1. The molecule has 0 aromatic heterocycles. The minimum atomic E-state index is -4.92. The van der Waals surface area contributed by atoms with Crippen LogP contribution in [0.3, 0.4) is 0 Å². The monoisotopic (exact) mass is 384 g/mol. The largest absolute Gasteiger partial charge is 0.573 e. The Labute approximate surface area is 146 Å². The van der Waals surface area contributed by atoms with Gasteiger partial charge in [0.05, 0.1) is 11.0 Å². The predicted molar refractivity (Wildman–Crippen MR) is 88.8 cm³/mol. The fraction of sp³-hybridized carbons (Fsp3) is 0.647. The van der Waals surface area contributed by atoms with E-state index in [1.807, 2.05) is 0 Å². The molecule has 0 N–H and O–H groups in total. The van der Waals surface area contributed by atoms with Crippen LogP contribution in [0.2, 0.25) is 0 Å². The fourth-order valence-electron chi connectivity index (χ4n) is 2.30. The fourth-order valence-corrected chi connectivity index (χ4v) is 3.38. The van der Waals surface area contributed by atoms with Crippen molar-refractivity contribution in [2.45, 2.75) is 64.0 Å². The van der Waals surface area contributed by atoms with Crippen molar-refractivity contribution < 1.29 is 30.7 Å². The first kappa shape index (κ1) is 21.7. The predicted octanol–water partition coefficient (Wildman–Crippen LogP) is 5.04. The summed E-state index contributed by atoms with van der Waals surface area (Å²) < 4.78 is 76.8. The zero-order valence-corrected chi connectivity index (χ0v) is 15.2. The zero-order chi connectivity index (χ0) is 19.1. The molecule has 0 aliphatic rings. The maximum atomic E-state index is 13.3. The number of rotatable bonds is 10. The molecule has 0 amide bonds. The molecule has 1 aromatic carbocycles. The molecule has 3 nitrogen and oxygen atoms in total. The lowest BCUT2D eigenvalue weighted by atomic mass is 10.1. The molecule has 0 spiro atoms.